The van der Waals surface area contributed by atoms with Crippen LogP contribution in [0.5, 0.6) is 0 Å². The molecule has 0 N–H and O–H groups in total. The predicted octanol–water partition coefficient (Wildman–Crippen LogP) is 4.07. The van der Waals surface area contributed by atoms with E-state index in [9.17, 15) is 13.2 Å². The molecular weight excluding hydrogens is 283 g/mol. The lowest BCUT2D eigenvalue weighted by Gasteiger charge is -2.20. The van der Waals surface area contributed by atoms with Crippen molar-refractivity contribution in [3.63, 3.8) is 0 Å². The first-order valence-corrected chi connectivity index (χ1v) is 5.89. The van der Waals surface area contributed by atoms with Gasteiger partial charge in [0.05, 0.1) is 11.3 Å². The molecule has 1 aliphatic rings. The van der Waals surface area contributed by atoms with Crippen LogP contribution in [0.2, 0.25) is 0 Å². The first-order chi connectivity index (χ1) is 7.48. The number of anilines is 1. The van der Waals surface area contributed by atoms with Gasteiger partial charge in [-0.15, -0.1) is 0 Å². The van der Waals surface area contributed by atoms with Crippen LogP contribution in [-0.2, 0) is 6.18 Å². The summed E-state index contributed by atoms with van der Waals surface area (Å²) < 4.78 is 38.4. The molecular formula is C11H11BrF3N. The van der Waals surface area contributed by atoms with Crippen molar-refractivity contribution in [2.24, 2.45) is 0 Å². The molecule has 0 amide bonds. The fourth-order valence-corrected chi connectivity index (χ4v) is 2.39. The molecule has 0 unspecified atom stereocenters. The summed E-state index contributed by atoms with van der Waals surface area (Å²) in [4.78, 5) is 1.99. The third-order valence-corrected chi connectivity index (χ3v) is 3.39. The Kier molecular flexibility index (Phi) is 3.15. The summed E-state index contributed by atoms with van der Waals surface area (Å²) in [7, 11) is 0. The van der Waals surface area contributed by atoms with E-state index in [0.717, 1.165) is 36.5 Å². The molecule has 1 aromatic rings. The van der Waals surface area contributed by atoms with Crippen LogP contribution in [0.25, 0.3) is 0 Å². The smallest absolute Gasteiger partial charge is 0.371 e. The minimum Gasteiger partial charge on any atom is -0.371 e. The summed E-state index contributed by atoms with van der Waals surface area (Å²) in [6.45, 7) is 1.67. The van der Waals surface area contributed by atoms with Gasteiger partial charge >= 0.3 is 6.18 Å². The summed E-state index contributed by atoms with van der Waals surface area (Å²) in [5, 5.41) is 0. The van der Waals surface area contributed by atoms with Gasteiger partial charge in [-0.2, -0.15) is 13.2 Å². The van der Waals surface area contributed by atoms with Crippen LogP contribution >= 0.6 is 15.9 Å². The standard InChI is InChI=1S/C11H11BrF3N/c12-9-4-3-8(11(13,14)15)7-10(9)16-5-1-2-6-16/h3-4,7H,1-2,5-6H2. The molecule has 1 aromatic carbocycles. The van der Waals surface area contributed by atoms with Gasteiger partial charge in [0.2, 0.25) is 0 Å². The van der Waals surface area contributed by atoms with Crippen LogP contribution in [0.3, 0.4) is 0 Å². The molecule has 16 heavy (non-hydrogen) atoms. The van der Waals surface area contributed by atoms with E-state index < -0.39 is 11.7 Å². The molecule has 1 saturated heterocycles. The van der Waals surface area contributed by atoms with Gasteiger partial charge in [0.1, 0.15) is 0 Å². The van der Waals surface area contributed by atoms with Crippen LogP contribution in [0.1, 0.15) is 18.4 Å². The molecule has 0 radical (unpaired) electrons. The Labute approximate surface area is 100 Å². The van der Waals surface area contributed by atoms with Crippen LogP contribution < -0.4 is 4.90 Å². The maximum atomic E-state index is 12.6. The molecule has 0 bridgehead atoms. The minimum absolute atomic E-state index is 0.586. The van der Waals surface area contributed by atoms with Crippen molar-refractivity contribution in [1.29, 1.82) is 0 Å². The third kappa shape index (κ3) is 2.34. The molecule has 0 aliphatic carbocycles. The van der Waals surface area contributed by atoms with Gasteiger partial charge in [-0.1, -0.05) is 0 Å². The van der Waals surface area contributed by atoms with Crippen LogP contribution in [0, 0.1) is 0 Å². The van der Waals surface area contributed by atoms with E-state index in [1.807, 2.05) is 4.90 Å². The lowest BCUT2D eigenvalue weighted by atomic mass is 10.2. The van der Waals surface area contributed by atoms with E-state index in [4.69, 9.17) is 0 Å². The first kappa shape index (κ1) is 11.8. The predicted molar refractivity (Wildman–Crippen MR) is 60.6 cm³/mol. The van der Waals surface area contributed by atoms with E-state index in [-0.39, 0.29) is 0 Å². The molecule has 1 aliphatic heterocycles. The highest BCUT2D eigenvalue weighted by atomic mass is 79.9. The van der Waals surface area contributed by atoms with Gasteiger partial charge in [0.15, 0.2) is 0 Å². The summed E-state index contributed by atoms with van der Waals surface area (Å²) in [5.41, 5.74) is 0.0601. The zero-order chi connectivity index (χ0) is 11.8. The Balaban J connectivity index is 2.36. The quantitative estimate of drug-likeness (QED) is 0.754. The van der Waals surface area contributed by atoms with Gasteiger partial charge in [-0.05, 0) is 47.0 Å². The molecule has 0 atom stereocenters. The van der Waals surface area contributed by atoms with Crippen LogP contribution in [-0.4, -0.2) is 13.1 Å². The summed E-state index contributed by atoms with van der Waals surface area (Å²) in [5.74, 6) is 0. The summed E-state index contributed by atoms with van der Waals surface area (Å²) >= 11 is 3.30. The highest BCUT2D eigenvalue weighted by Crippen LogP contribution is 2.36. The molecule has 0 aromatic heterocycles. The third-order valence-electron chi connectivity index (χ3n) is 2.72. The van der Waals surface area contributed by atoms with Crippen molar-refractivity contribution < 1.29 is 13.2 Å². The molecule has 2 rings (SSSR count). The van der Waals surface area contributed by atoms with Crippen molar-refractivity contribution in [3.8, 4) is 0 Å². The fraction of sp³-hybridized carbons (Fsp3) is 0.455. The van der Waals surface area contributed by atoms with Crippen LogP contribution in [0.4, 0.5) is 18.9 Å². The molecule has 1 fully saturated rings. The van der Waals surface area contributed by atoms with Crippen molar-refractivity contribution in [1.82, 2.24) is 0 Å². The van der Waals surface area contributed by atoms with E-state index in [1.54, 1.807) is 0 Å². The maximum absolute atomic E-state index is 12.6. The average molecular weight is 294 g/mol. The first-order valence-electron chi connectivity index (χ1n) is 5.10. The number of hydrogen-bond donors (Lipinski definition) is 0. The lowest BCUT2D eigenvalue weighted by Crippen LogP contribution is -2.19. The lowest BCUT2D eigenvalue weighted by molar-refractivity contribution is -0.137. The van der Waals surface area contributed by atoms with Crippen molar-refractivity contribution in [3.05, 3.63) is 28.2 Å². The second kappa shape index (κ2) is 4.28. The van der Waals surface area contributed by atoms with Gasteiger partial charge in [0.25, 0.3) is 0 Å². The van der Waals surface area contributed by atoms with E-state index in [2.05, 4.69) is 15.9 Å². The topological polar surface area (TPSA) is 3.24 Å². The number of alkyl halides is 3. The van der Waals surface area contributed by atoms with Gasteiger partial charge < -0.3 is 4.90 Å². The molecule has 0 saturated carbocycles. The zero-order valence-corrected chi connectivity index (χ0v) is 10.1. The molecule has 88 valence electrons. The number of rotatable bonds is 1. The Bertz CT molecular complexity index is 383. The maximum Gasteiger partial charge on any atom is 0.416 e. The van der Waals surface area contributed by atoms with E-state index >= 15 is 0 Å². The second-order valence-corrected chi connectivity index (χ2v) is 4.71. The van der Waals surface area contributed by atoms with E-state index in [1.165, 1.54) is 12.1 Å². The number of nitrogens with zero attached hydrogens (tertiary/aromatic N) is 1. The number of hydrogen-bond acceptors (Lipinski definition) is 1. The Morgan fingerprint density at radius 2 is 1.75 bits per heavy atom. The molecule has 0 spiro atoms. The monoisotopic (exact) mass is 293 g/mol. The normalized spacial score (nSPS) is 16.9. The van der Waals surface area contributed by atoms with Gasteiger partial charge in [0, 0.05) is 17.6 Å². The highest BCUT2D eigenvalue weighted by Gasteiger charge is 2.31. The fourth-order valence-electron chi connectivity index (χ4n) is 1.89. The average Bonchev–Trinajstić information content (AvgIpc) is 2.69. The second-order valence-electron chi connectivity index (χ2n) is 3.86. The minimum atomic E-state index is -4.27. The van der Waals surface area contributed by atoms with Crippen molar-refractivity contribution >= 4 is 21.6 Å². The molecule has 1 heterocycles. The van der Waals surface area contributed by atoms with Crippen LogP contribution in [0.15, 0.2) is 22.7 Å². The summed E-state index contributed by atoms with van der Waals surface area (Å²) in [6, 6.07) is 3.79. The summed E-state index contributed by atoms with van der Waals surface area (Å²) in [6.07, 6.45) is -2.18. The number of benzene rings is 1. The van der Waals surface area contributed by atoms with Gasteiger partial charge in [-0.25, -0.2) is 0 Å². The number of halogens is 4. The van der Waals surface area contributed by atoms with Crippen molar-refractivity contribution in [2.75, 3.05) is 18.0 Å². The highest BCUT2D eigenvalue weighted by molar-refractivity contribution is 9.10. The van der Waals surface area contributed by atoms with Crippen molar-refractivity contribution in [2.45, 2.75) is 19.0 Å². The Morgan fingerprint density at radius 1 is 1.12 bits per heavy atom. The Morgan fingerprint density at radius 3 is 2.31 bits per heavy atom. The SMILES string of the molecule is FC(F)(F)c1ccc(Br)c(N2CCCC2)c1. The largest absolute Gasteiger partial charge is 0.416 e. The molecule has 5 heteroatoms. The Hall–Kier alpha value is -0.710. The van der Waals surface area contributed by atoms with Gasteiger partial charge in [-0.3, -0.25) is 0 Å². The van der Waals surface area contributed by atoms with E-state index in [0.29, 0.717) is 5.69 Å². The zero-order valence-electron chi connectivity index (χ0n) is 8.52. The molecule has 1 nitrogen and oxygen atoms in total.